The van der Waals surface area contributed by atoms with Crippen molar-refractivity contribution in [3.63, 3.8) is 0 Å². The van der Waals surface area contributed by atoms with E-state index < -0.39 is 0 Å². The lowest BCUT2D eigenvalue weighted by Crippen LogP contribution is -2.02. The molecule has 0 atom stereocenters. The molecule has 0 aliphatic heterocycles. The van der Waals surface area contributed by atoms with Gasteiger partial charge in [0, 0.05) is 12.2 Å². The smallest absolute Gasteiger partial charge is 0.0994 e. The van der Waals surface area contributed by atoms with Crippen molar-refractivity contribution >= 4 is 5.52 Å². The van der Waals surface area contributed by atoms with E-state index >= 15 is 0 Å². The summed E-state index contributed by atoms with van der Waals surface area (Å²) in [4.78, 5) is 4.02. The summed E-state index contributed by atoms with van der Waals surface area (Å²) in [6.45, 7) is 0.549. The molecular formula is C8H9N3. The van der Waals surface area contributed by atoms with Crippen LogP contribution in [0.3, 0.4) is 0 Å². The Balaban J connectivity index is 2.79. The number of rotatable bonds is 1. The first kappa shape index (κ1) is 6.37. The Morgan fingerprint density at radius 3 is 3.18 bits per heavy atom. The first-order chi connectivity index (χ1) is 5.42. The first-order valence-electron chi connectivity index (χ1n) is 3.52. The molecule has 0 radical (unpaired) electrons. The molecule has 2 N–H and O–H groups in total. The van der Waals surface area contributed by atoms with Gasteiger partial charge in [0.2, 0.25) is 0 Å². The van der Waals surface area contributed by atoms with Gasteiger partial charge in [0.05, 0.1) is 18.0 Å². The molecule has 2 heterocycles. The van der Waals surface area contributed by atoms with E-state index in [1.165, 1.54) is 0 Å². The van der Waals surface area contributed by atoms with Crippen LogP contribution in [0.5, 0.6) is 0 Å². The molecule has 0 fully saturated rings. The number of fused-ring (bicyclic) bond motifs is 1. The van der Waals surface area contributed by atoms with Crippen LogP contribution in [0.2, 0.25) is 0 Å². The zero-order valence-corrected chi connectivity index (χ0v) is 6.07. The Morgan fingerprint density at radius 1 is 1.45 bits per heavy atom. The number of hydrogen-bond donors (Lipinski definition) is 1. The lowest BCUT2D eigenvalue weighted by Gasteiger charge is -1.99. The number of imidazole rings is 1. The maximum atomic E-state index is 5.53. The zero-order chi connectivity index (χ0) is 7.68. The Bertz CT molecular complexity index is 364. The predicted molar refractivity (Wildman–Crippen MR) is 43.1 cm³/mol. The van der Waals surface area contributed by atoms with Gasteiger partial charge in [-0.15, -0.1) is 0 Å². The van der Waals surface area contributed by atoms with E-state index in [0.717, 1.165) is 11.2 Å². The normalized spacial score (nSPS) is 10.6. The minimum atomic E-state index is 0.549. The first-order valence-corrected chi connectivity index (χ1v) is 3.52. The monoisotopic (exact) mass is 147 g/mol. The van der Waals surface area contributed by atoms with Gasteiger partial charge in [0.1, 0.15) is 0 Å². The molecule has 0 saturated carbocycles. The molecule has 0 bridgehead atoms. The van der Waals surface area contributed by atoms with Gasteiger partial charge < -0.3 is 10.1 Å². The van der Waals surface area contributed by atoms with Crippen LogP contribution in [-0.2, 0) is 6.54 Å². The summed E-state index contributed by atoms with van der Waals surface area (Å²) in [5, 5.41) is 0. The lowest BCUT2D eigenvalue weighted by molar-refractivity contribution is 0.941. The summed E-state index contributed by atoms with van der Waals surface area (Å²) in [5.74, 6) is 0. The molecule has 3 heteroatoms. The van der Waals surface area contributed by atoms with Gasteiger partial charge in [0.15, 0.2) is 0 Å². The highest BCUT2D eigenvalue weighted by atomic mass is 15.0. The maximum absolute atomic E-state index is 5.53. The summed E-state index contributed by atoms with van der Waals surface area (Å²) < 4.78 is 1.99. The molecule has 2 aromatic rings. The summed E-state index contributed by atoms with van der Waals surface area (Å²) in [6.07, 6.45) is 3.59. The highest BCUT2D eigenvalue weighted by molar-refractivity contribution is 5.45. The van der Waals surface area contributed by atoms with Crippen molar-refractivity contribution in [2.24, 2.45) is 5.73 Å². The number of aromatic nitrogens is 2. The standard InChI is InChI=1S/C8H9N3/c9-4-7-2-1-3-8-5-10-6-11(7)8/h1-3,5-6H,4,9H2. The lowest BCUT2D eigenvalue weighted by atomic mass is 10.3. The third-order valence-electron chi connectivity index (χ3n) is 1.74. The second kappa shape index (κ2) is 2.36. The number of nitrogens with two attached hydrogens (primary N) is 1. The topological polar surface area (TPSA) is 43.3 Å². The number of nitrogens with zero attached hydrogens (tertiary/aromatic N) is 2. The van der Waals surface area contributed by atoms with Crippen LogP contribution < -0.4 is 5.73 Å². The molecule has 0 amide bonds. The Labute approximate surface area is 64.5 Å². The summed E-state index contributed by atoms with van der Waals surface area (Å²) >= 11 is 0. The second-order valence-electron chi connectivity index (χ2n) is 2.41. The summed E-state index contributed by atoms with van der Waals surface area (Å²) in [7, 11) is 0. The third-order valence-corrected chi connectivity index (χ3v) is 1.74. The third kappa shape index (κ3) is 0.897. The molecule has 0 aliphatic rings. The molecule has 2 rings (SSSR count). The van der Waals surface area contributed by atoms with Crippen molar-refractivity contribution in [1.82, 2.24) is 9.38 Å². The molecule has 56 valence electrons. The minimum absolute atomic E-state index is 0.549. The van der Waals surface area contributed by atoms with E-state index in [9.17, 15) is 0 Å². The fourth-order valence-electron chi connectivity index (χ4n) is 1.17. The van der Waals surface area contributed by atoms with E-state index in [1.807, 2.05) is 28.8 Å². The van der Waals surface area contributed by atoms with Crippen molar-refractivity contribution < 1.29 is 0 Å². The molecule has 0 spiro atoms. The van der Waals surface area contributed by atoms with Gasteiger partial charge in [0.25, 0.3) is 0 Å². The Morgan fingerprint density at radius 2 is 2.36 bits per heavy atom. The number of pyridine rings is 1. The number of hydrogen-bond acceptors (Lipinski definition) is 2. The fraction of sp³-hybridized carbons (Fsp3) is 0.125. The summed E-state index contributed by atoms with van der Waals surface area (Å²) in [5.41, 5.74) is 7.70. The molecule has 0 aliphatic carbocycles. The van der Waals surface area contributed by atoms with E-state index in [-0.39, 0.29) is 0 Å². The highest BCUT2D eigenvalue weighted by Gasteiger charge is 1.95. The highest BCUT2D eigenvalue weighted by Crippen LogP contribution is 2.05. The van der Waals surface area contributed by atoms with Gasteiger partial charge in [-0.1, -0.05) is 6.07 Å². The van der Waals surface area contributed by atoms with E-state index in [4.69, 9.17) is 5.73 Å². The van der Waals surface area contributed by atoms with Crippen LogP contribution >= 0.6 is 0 Å². The van der Waals surface area contributed by atoms with Crippen LogP contribution in [0, 0.1) is 0 Å². The zero-order valence-electron chi connectivity index (χ0n) is 6.07. The summed E-state index contributed by atoms with van der Waals surface area (Å²) in [6, 6.07) is 5.99. The van der Waals surface area contributed by atoms with E-state index in [0.29, 0.717) is 6.54 Å². The van der Waals surface area contributed by atoms with Crippen LogP contribution in [0.4, 0.5) is 0 Å². The average Bonchev–Trinajstić information content (AvgIpc) is 2.50. The van der Waals surface area contributed by atoms with Crippen molar-refractivity contribution in [1.29, 1.82) is 0 Å². The van der Waals surface area contributed by atoms with Gasteiger partial charge >= 0.3 is 0 Å². The predicted octanol–water partition coefficient (Wildman–Crippen LogP) is 0.793. The molecule has 2 aromatic heterocycles. The Kier molecular flexibility index (Phi) is 1.36. The molecule has 0 unspecified atom stereocenters. The van der Waals surface area contributed by atoms with Gasteiger partial charge in [-0.25, -0.2) is 4.98 Å². The van der Waals surface area contributed by atoms with Crippen molar-refractivity contribution in [3.05, 3.63) is 36.4 Å². The molecular weight excluding hydrogens is 138 g/mol. The molecule has 0 aromatic carbocycles. The quantitative estimate of drug-likeness (QED) is 0.648. The van der Waals surface area contributed by atoms with Crippen molar-refractivity contribution in [3.8, 4) is 0 Å². The Hall–Kier alpha value is -1.35. The molecule has 11 heavy (non-hydrogen) atoms. The molecule has 0 saturated heterocycles. The maximum Gasteiger partial charge on any atom is 0.0994 e. The van der Waals surface area contributed by atoms with Gasteiger partial charge in [-0.2, -0.15) is 0 Å². The van der Waals surface area contributed by atoms with Crippen LogP contribution in [0.1, 0.15) is 5.69 Å². The molecule has 3 nitrogen and oxygen atoms in total. The van der Waals surface area contributed by atoms with Crippen LogP contribution in [0.25, 0.3) is 5.52 Å². The van der Waals surface area contributed by atoms with E-state index in [2.05, 4.69) is 4.98 Å². The van der Waals surface area contributed by atoms with Crippen LogP contribution in [-0.4, -0.2) is 9.38 Å². The largest absolute Gasteiger partial charge is 0.325 e. The van der Waals surface area contributed by atoms with Gasteiger partial charge in [-0.3, -0.25) is 0 Å². The minimum Gasteiger partial charge on any atom is -0.325 e. The van der Waals surface area contributed by atoms with Crippen LogP contribution in [0.15, 0.2) is 30.7 Å². The fourth-order valence-corrected chi connectivity index (χ4v) is 1.17. The second-order valence-corrected chi connectivity index (χ2v) is 2.41. The SMILES string of the molecule is NCc1cccc2cncn12. The van der Waals surface area contributed by atoms with Gasteiger partial charge in [-0.05, 0) is 12.1 Å². The average molecular weight is 147 g/mol. The van der Waals surface area contributed by atoms with E-state index in [1.54, 1.807) is 6.33 Å². The van der Waals surface area contributed by atoms with Crippen molar-refractivity contribution in [2.45, 2.75) is 6.54 Å². The van der Waals surface area contributed by atoms with Crippen molar-refractivity contribution in [2.75, 3.05) is 0 Å².